The van der Waals surface area contributed by atoms with Crippen LogP contribution < -0.4 is 5.32 Å². The van der Waals surface area contributed by atoms with Gasteiger partial charge in [0.2, 0.25) is 5.78 Å². The molecule has 0 radical (unpaired) electrons. The third kappa shape index (κ3) is 11.9. The molecular weight excluding hydrogens is 413 g/mol. The number of hydrogen-bond donors (Lipinski definition) is 3. The molecule has 3 N–H and O–H groups in total. The molecule has 0 heterocycles. The van der Waals surface area contributed by atoms with Crippen LogP contribution in [-0.4, -0.2) is 48.1 Å². The molecule has 31 heavy (non-hydrogen) atoms. The Morgan fingerprint density at radius 2 is 1.35 bits per heavy atom. The van der Waals surface area contributed by atoms with E-state index < -0.39 is 31.2 Å². The van der Waals surface area contributed by atoms with Crippen molar-refractivity contribution < 1.29 is 24.1 Å². The highest BCUT2D eigenvalue weighted by Gasteiger charge is 2.65. The van der Waals surface area contributed by atoms with Crippen molar-refractivity contribution in [2.45, 2.75) is 116 Å². The maximum atomic E-state index is 12.8. The van der Waals surface area contributed by atoms with E-state index in [-0.39, 0.29) is 13.0 Å². The summed E-state index contributed by atoms with van der Waals surface area (Å²) in [5.74, 6) is -0.500. The van der Waals surface area contributed by atoms with Gasteiger partial charge in [0, 0.05) is 13.0 Å². The van der Waals surface area contributed by atoms with E-state index in [4.69, 9.17) is 4.52 Å². The second kappa shape index (κ2) is 18.1. The summed E-state index contributed by atoms with van der Waals surface area (Å²) in [6.07, 6.45) is 15.9. The number of likely N-dealkylation sites (N-methyl/N-ethyl adjacent to an activating group) is 1. The van der Waals surface area contributed by atoms with Crippen molar-refractivity contribution in [1.29, 1.82) is 0 Å². The molecule has 2 unspecified atom stereocenters. The van der Waals surface area contributed by atoms with Crippen LogP contribution in [0.3, 0.4) is 0 Å². The molecule has 6 nitrogen and oxygen atoms in total. The number of unbranched alkanes of at least 4 members (excludes halogenated alkanes) is 12. The molecule has 0 aliphatic carbocycles. The number of aliphatic hydroxyl groups is 2. The van der Waals surface area contributed by atoms with Crippen LogP contribution in [0.2, 0.25) is 0 Å². The lowest BCUT2D eigenvalue weighted by atomic mass is 9.83. The van der Waals surface area contributed by atoms with E-state index in [2.05, 4.69) is 12.2 Å². The molecule has 0 spiro atoms. The minimum atomic E-state index is -2.66. The van der Waals surface area contributed by atoms with Gasteiger partial charge >= 0.3 is 13.4 Å². The number of Topliss-reactive ketones (excluding diaryl/α,β-unsaturated/α-hetero) is 1. The second-order valence-electron chi connectivity index (χ2n) is 9.32. The largest absolute Gasteiger partial charge is 0.552 e. The van der Waals surface area contributed by atoms with Crippen LogP contribution in [0, 0.1) is 5.41 Å². The van der Waals surface area contributed by atoms with Gasteiger partial charge in [-0.25, -0.2) is 0 Å². The number of hydrogen-bond acceptors (Lipinski definition) is 6. The summed E-state index contributed by atoms with van der Waals surface area (Å²) in [7, 11) is -0.920. The van der Waals surface area contributed by atoms with Crippen LogP contribution in [0.15, 0.2) is 0 Å². The van der Waals surface area contributed by atoms with Gasteiger partial charge < -0.3 is 15.5 Å². The van der Waals surface area contributed by atoms with E-state index in [1.807, 2.05) is 0 Å². The van der Waals surface area contributed by atoms with Crippen molar-refractivity contribution in [3.05, 3.63) is 0 Å². The topological polar surface area (TPSA) is 95.9 Å². The first-order valence-corrected chi connectivity index (χ1v) is 13.6. The van der Waals surface area contributed by atoms with E-state index in [1.54, 1.807) is 20.9 Å². The molecule has 7 heteroatoms. The summed E-state index contributed by atoms with van der Waals surface area (Å²) in [5, 5.41) is 21.4. The molecule has 0 aromatic carbocycles. The van der Waals surface area contributed by atoms with Crippen LogP contribution >= 0.6 is 8.03 Å². The molecule has 0 bridgehead atoms. The monoisotopic (exact) mass is 462 g/mol. The molecule has 0 rings (SSSR count). The lowest BCUT2D eigenvalue weighted by Gasteiger charge is -2.30. The third-order valence-corrected chi connectivity index (χ3v) is 7.86. The summed E-state index contributed by atoms with van der Waals surface area (Å²) in [6.45, 7) is 5.47. The summed E-state index contributed by atoms with van der Waals surface area (Å²) in [5.41, 5.74) is -1.24. The Bertz CT molecular complexity index is 487. The SMILES string of the molecule is CCCCCCCCCCCCCCCC(=O)C(O)([P+](=O)OCCNC)C(C)(C)CO. The number of rotatable bonds is 22. The first-order valence-electron chi connectivity index (χ1n) is 12.4. The highest BCUT2D eigenvalue weighted by atomic mass is 31.1. The van der Waals surface area contributed by atoms with Gasteiger partial charge in [0.1, 0.15) is 6.61 Å². The van der Waals surface area contributed by atoms with Crippen molar-refractivity contribution in [2.24, 2.45) is 5.41 Å². The molecule has 0 amide bonds. The van der Waals surface area contributed by atoms with Crippen molar-refractivity contribution in [3.63, 3.8) is 0 Å². The Kier molecular flexibility index (Phi) is 17.9. The highest BCUT2D eigenvalue weighted by Crippen LogP contribution is 2.50. The number of carbonyl (C=O) groups excluding carboxylic acids is 1. The fourth-order valence-electron chi connectivity index (χ4n) is 3.64. The molecule has 0 fully saturated rings. The Morgan fingerprint density at radius 3 is 1.77 bits per heavy atom. The molecule has 0 aromatic rings. The zero-order valence-electron chi connectivity index (χ0n) is 20.6. The number of nitrogens with one attached hydrogen (secondary N) is 1. The van der Waals surface area contributed by atoms with Gasteiger partial charge in [0.05, 0.1) is 12.0 Å². The van der Waals surface area contributed by atoms with Gasteiger partial charge in [0.15, 0.2) is 0 Å². The standard InChI is InChI=1S/C24H49NO5P/c1-5-6-7-8-9-10-11-12-13-14-15-16-17-18-22(27)24(28,23(2,3)21-26)31(29)30-20-19-25-4/h25-26,28H,5-21H2,1-4H3/q+1. The maximum absolute atomic E-state index is 12.8. The van der Waals surface area contributed by atoms with Crippen LogP contribution in [0.25, 0.3) is 0 Å². The van der Waals surface area contributed by atoms with Gasteiger partial charge in [-0.2, -0.15) is 0 Å². The lowest BCUT2D eigenvalue weighted by molar-refractivity contribution is -0.141. The minimum Gasteiger partial charge on any atom is -0.396 e. The van der Waals surface area contributed by atoms with Crippen molar-refractivity contribution in [2.75, 3.05) is 26.8 Å². The van der Waals surface area contributed by atoms with Crippen LogP contribution in [0.1, 0.15) is 111 Å². The molecule has 0 aromatic heterocycles. The Balaban J connectivity index is 4.17. The van der Waals surface area contributed by atoms with Crippen LogP contribution in [0.5, 0.6) is 0 Å². The van der Waals surface area contributed by atoms with Crippen LogP contribution in [-0.2, 0) is 13.9 Å². The normalized spacial score (nSPS) is 14.5. The molecule has 0 saturated carbocycles. The van der Waals surface area contributed by atoms with Gasteiger partial charge in [-0.1, -0.05) is 84.0 Å². The minimum absolute atomic E-state index is 0.127. The predicted molar refractivity (Wildman–Crippen MR) is 129 cm³/mol. The van der Waals surface area contributed by atoms with E-state index in [0.29, 0.717) is 13.0 Å². The fraction of sp³-hybridized carbons (Fsp3) is 0.958. The van der Waals surface area contributed by atoms with Gasteiger partial charge in [0.25, 0.3) is 0 Å². The summed E-state index contributed by atoms with van der Waals surface area (Å²) < 4.78 is 17.9. The highest BCUT2D eigenvalue weighted by molar-refractivity contribution is 7.42. The van der Waals surface area contributed by atoms with Crippen molar-refractivity contribution >= 4 is 13.8 Å². The maximum Gasteiger partial charge on any atom is 0.552 e. The first kappa shape index (κ1) is 30.6. The second-order valence-corrected chi connectivity index (χ2v) is 10.7. The van der Waals surface area contributed by atoms with Gasteiger partial charge in [-0.05, 0) is 31.9 Å². The predicted octanol–water partition coefficient (Wildman–Crippen LogP) is 5.72. The molecule has 184 valence electrons. The van der Waals surface area contributed by atoms with Crippen molar-refractivity contribution in [3.8, 4) is 0 Å². The molecule has 0 saturated heterocycles. The van der Waals surface area contributed by atoms with E-state index in [0.717, 1.165) is 19.3 Å². The Hall–Kier alpha value is -0.390. The molecule has 0 aliphatic heterocycles. The number of aliphatic hydroxyl groups excluding tert-OH is 1. The average molecular weight is 463 g/mol. The average Bonchev–Trinajstić information content (AvgIpc) is 2.76. The smallest absolute Gasteiger partial charge is 0.396 e. The van der Waals surface area contributed by atoms with Crippen molar-refractivity contribution in [1.82, 2.24) is 5.32 Å². The quantitative estimate of drug-likeness (QED) is 0.141. The zero-order valence-corrected chi connectivity index (χ0v) is 21.5. The van der Waals surface area contributed by atoms with Crippen LogP contribution in [0.4, 0.5) is 0 Å². The molecule has 2 atom stereocenters. The van der Waals surface area contributed by atoms with Gasteiger partial charge in [-0.15, -0.1) is 4.52 Å². The fourth-order valence-corrected chi connectivity index (χ4v) is 4.96. The first-order chi connectivity index (χ1) is 14.8. The number of carbonyl (C=O) groups is 1. The zero-order chi connectivity index (χ0) is 23.6. The molecular formula is C24H49NO5P+. The summed E-state index contributed by atoms with van der Waals surface area (Å²) in [4.78, 5) is 12.8. The number of ketones is 1. The van der Waals surface area contributed by atoms with Gasteiger partial charge in [-0.3, -0.25) is 4.79 Å². The Labute approximate surface area is 191 Å². The van der Waals surface area contributed by atoms with E-state index >= 15 is 0 Å². The molecule has 0 aliphatic rings. The third-order valence-electron chi connectivity index (χ3n) is 6.06. The lowest BCUT2D eigenvalue weighted by Crippen LogP contribution is -2.50. The Morgan fingerprint density at radius 1 is 0.903 bits per heavy atom. The van der Waals surface area contributed by atoms with E-state index in [1.165, 1.54) is 57.8 Å². The summed E-state index contributed by atoms with van der Waals surface area (Å²) >= 11 is 0. The summed E-state index contributed by atoms with van der Waals surface area (Å²) in [6, 6.07) is 0. The van der Waals surface area contributed by atoms with E-state index in [9.17, 15) is 19.6 Å².